The standard InChI is InChI=1S/C67H44/c1-4-18-44(19-5-1)47-32-34-48(35-33-47)65-58-27-13-12-26-56(58)57-37-36-49(43-64(57)65)66-59-28-14-16-30-61(59)67(62-31-17-15-29-60(62)66)63-39-38-53(54-24-10-11-25-55(54)63)52-41-50(45-20-6-2-7-21-45)40-51(42-52)46-22-8-3-9-23-46/h1-43,65H. The molecule has 1 atom stereocenters. The van der Waals surface area contributed by atoms with Crippen LogP contribution in [0, 0.1) is 0 Å². The van der Waals surface area contributed by atoms with Crippen molar-refractivity contribution >= 4 is 32.3 Å². The van der Waals surface area contributed by atoms with Crippen LogP contribution in [0.15, 0.2) is 261 Å². The normalized spacial score (nSPS) is 12.9. The summed E-state index contributed by atoms with van der Waals surface area (Å²) in [7, 11) is 0. The van der Waals surface area contributed by atoms with Gasteiger partial charge in [0.05, 0.1) is 0 Å². The maximum absolute atomic E-state index is 2.50. The quantitative estimate of drug-likeness (QED) is 0.140. The summed E-state index contributed by atoms with van der Waals surface area (Å²) < 4.78 is 0. The van der Waals surface area contributed by atoms with E-state index in [1.165, 1.54) is 127 Å². The van der Waals surface area contributed by atoms with Crippen molar-refractivity contribution in [2.75, 3.05) is 0 Å². The van der Waals surface area contributed by atoms with E-state index < -0.39 is 0 Å². The molecule has 0 aliphatic heterocycles. The van der Waals surface area contributed by atoms with Crippen molar-refractivity contribution in [3.63, 3.8) is 0 Å². The fourth-order valence-electron chi connectivity index (χ4n) is 11.1. The molecule has 0 bridgehead atoms. The predicted octanol–water partition coefficient (Wildman–Crippen LogP) is 18.3. The van der Waals surface area contributed by atoms with Gasteiger partial charge in [-0.1, -0.05) is 237 Å². The first-order valence-electron chi connectivity index (χ1n) is 23.4. The number of rotatable bonds is 7. The fraction of sp³-hybridized carbons (Fsp3) is 0.0149. The largest absolute Gasteiger partial charge is 0.0622 e. The minimum absolute atomic E-state index is 0.134. The van der Waals surface area contributed by atoms with E-state index in [9.17, 15) is 0 Å². The zero-order valence-electron chi connectivity index (χ0n) is 36.9. The summed E-state index contributed by atoms with van der Waals surface area (Å²) in [6.07, 6.45) is 0. The van der Waals surface area contributed by atoms with Gasteiger partial charge in [0, 0.05) is 5.92 Å². The molecule has 0 saturated carbocycles. The average molecular weight is 849 g/mol. The first-order chi connectivity index (χ1) is 33.2. The van der Waals surface area contributed by atoms with Gasteiger partial charge in [-0.3, -0.25) is 0 Å². The molecule has 0 heterocycles. The van der Waals surface area contributed by atoms with Gasteiger partial charge in [-0.15, -0.1) is 0 Å². The molecule has 0 N–H and O–H groups in total. The zero-order valence-corrected chi connectivity index (χ0v) is 36.9. The molecule has 0 fully saturated rings. The van der Waals surface area contributed by atoms with Crippen LogP contribution in [0.2, 0.25) is 0 Å². The smallest absolute Gasteiger partial charge is 0.0352 e. The van der Waals surface area contributed by atoms with Gasteiger partial charge in [0.15, 0.2) is 0 Å². The molecule has 312 valence electrons. The molecule has 0 nitrogen and oxygen atoms in total. The van der Waals surface area contributed by atoms with E-state index in [0.717, 1.165) is 0 Å². The van der Waals surface area contributed by atoms with Crippen LogP contribution in [-0.2, 0) is 0 Å². The number of fused-ring (bicyclic) bond motifs is 6. The van der Waals surface area contributed by atoms with Crippen molar-refractivity contribution in [1.29, 1.82) is 0 Å². The molecule has 13 rings (SSSR count). The fourth-order valence-corrected chi connectivity index (χ4v) is 11.1. The third-order valence-electron chi connectivity index (χ3n) is 14.1. The molecule has 1 aliphatic carbocycles. The highest BCUT2D eigenvalue weighted by atomic mass is 14.3. The van der Waals surface area contributed by atoms with Crippen molar-refractivity contribution in [2.45, 2.75) is 5.92 Å². The molecule has 67 heavy (non-hydrogen) atoms. The van der Waals surface area contributed by atoms with Crippen molar-refractivity contribution in [1.82, 2.24) is 0 Å². The molecule has 0 saturated heterocycles. The minimum atomic E-state index is 0.134. The number of hydrogen-bond donors (Lipinski definition) is 0. The summed E-state index contributed by atoms with van der Waals surface area (Å²) in [4.78, 5) is 0. The highest BCUT2D eigenvalue weighted by Crippen LogP contribution is 2.52. The summed E-state index contributed by atoms with van der Waals surface area (Å²) >= 11 is 0. The summed E-state index contributed by atoms with van der Waals surface area (Å²) in [5.74, 6) is 0.134. The van der Waals surface area contributed by atoms with Crippen LogP contribution < -0.4 is 0 Å². The Morgan fingerprint density at radius 1 is 0.194 bits per heavy atom. The summed E-state index contributed by atoms with van der Waals surface area (Å²) in [5.41, 5.74) is 21.4. The average Bonchev–Trinajstić information content (AvgIpc) is 3.74. The van der Waals surface area contributed by atoms with Crippen molar-refractivity contribution in [3.8, 4) is 77.9 Å². The molecule has 1 unspecified atom stereocenters. The van der Waals surface area contributed by atoms with Gasteiger partial charge in [0.25, 0.3) is 0 Å². The lowest BCUT2D eigenvalue weighted by Crippen LogP contribution is -2.00. The lowest BCUT2D eigenvalue weighted by molar-refractivity contribution is 1.02. The zero-order chi connectivity index (χ0) is 44.3. The van der Waals surface area contributed by atoms with Crippen LogP contribution >= 0.6 is 0 Å². The van der Waals surface area contributed by atoms with Gasteiger partial charge in [-0.25, -0.2) is 0 Å². The van der Waals surface area contributed by atoms with Crippen LogP contribution in [0.25, 0.3) is 110 Å². The molecule has 12 aromatic rings. The molecule has 0 aromatic heterocycles. The molecular formula is C67H44. The molecular weight excluding hydrogens is 805 g/mol. The second-order valence-electron chi connectivity index (χ2n) is 17.9. The van der Waals surface area contributed by atoms with E-state index in [1.54, 1.807) is 0 Å². The molecule has 0 amide bonds. The van der Waals surface area contributed by atoms with E-state index in [4.69, 9.17) is 0 Å². The number of benzene rings is 12. The van der Waals surface area contributed by atoms with Crippen LogP contribution in [0.5, 0.6) is 0 Å². The Kier molecular flexibility index (Phi) is 9.36. The molecule has 0 spiro atoms. The van der Waals surface area contributed by atoms with Crippen LogP contribution in [-0.4, -0.2) is 0 Å². The third kappa shape index (κ3) is 6.60. The molecule has 0 radical (unpaired) electrons. The lowest BCUT2D eigenvalue weighted by Gasteiger charge is -2.21. The van der Waals surface area contributed by atoms with Crippen molar-refractivity contribution in [3.05, 3.63) is 278 Å². The topological polar surface area (TPSA) is 0 Å². The first kappa shape index (κ1) is 38.8. The Morgan fingerprint density at radius 2 is 0.582 bits per heavy atom. The van der Waals surface area contributed by atoms with E-state index in [1.807, 2.05) is 0 Å². The molecule has 12 aromatic carbocycles. The third-order valence-corrected chi connectivity index (χ3v) is 14.1. The minimum Gasteiger partial charge on any atom is -0.0622 e. The van der Waals surface area contributed by atoms with E-state index in [0.29, 0.717) is 0 Å². The molecule has 0 heteroatoms. The van der Waals surface area contributed by atoms with Crippen LogP contribution in [0.3, 0.4) is 0 Å². The Morgan fingerprint density at radius 3 is 1.16 bits per heavy atom. The highest BCUT2D eigenvalue weighted by molar-refractivity contribution is 6.24. The monoisotopic (exact) mass is 848 g/mol. The van der Waals surface area contributed by atoms with Crippen molar-refractivity contribution < 1.29 is 0 Å². The van der Waals surface area contributed by atoms with E-state index in [-0.39, 0.29) is 5.92 Å². The summed E-state index contributed by atoms with van der Waals surface area (Å²) in [5, 5.41) is 7.50. The Labute approximate surface area is 391 Å². The van der Waals surface area contributed by atoms with Gasteiger partial charge < -0.3 is 0 Å². The van der Waals surface area contributed by atoms with E-state index >= 15 is 0 Å². The lowest BCUT2D eigenvalue weighted by atomic mass is 9.82. The number of hydrogen-bond acceptors (Lipinski definition) is 0. The van der Waals surface area contributed by atoms with Gasteiger partial charge in [-0.2, -0.15) is 0 Å². The predicted molar refractivity (Wildman–Crippen MR) is 284 cm³/mol. The first-order valence-corrected chi connectivity index (χ1v) is 23.4. The molecule has 1 aliphatic rings. The van der Waals surface area contributed by atoms with Gasteiger partial charge in [0.1, 0.15) is 0 Å². The summed E-state index contributed by atoms with van der Waals surface area (Å²) in [6.45, 7) is 0. The van der Waals surface area contributed by atoms with E-state index in [2.05, 4.69) is 261 Å². The Hall–Kier alpha value is -8.58. The maximum atomic E-state index is 2.50. The Bertz CT molecular complexity index is 3710. The Balaban J connectivity index is 0.984. The SMILES string of the molecule is c1ccc(-c2ccc(C3c4ccccc4-c4ccc(-c5c6ccccc6c(-c6ccc(-c7cc(-c8ccccc8)cc(-c8ccccc8)c7)c7ccccc67)c6ccccc56)cc43)cc2)cc1. The van der Waals surface area contributed by atoms with Crippen LogP contribution in [0.4, 0.5) is 0 Å². The second-order valence-corrected chi connectivity index (χ2v) is 17.9. The van der Waals surface area contributed by atoms with Crippen LogP contribution in [0.1, 0.15) is 22.6 Å². The van der Waals surface area contributed by atoms with Crippen molar-refractivity contribution in [2.24, 2.45) is 0 Å². The maximum Gasteiger partial charge on any atom is 0.0352 e. The highest BCUT2D eigenvalue weighted by Gasteiger charge is 2.31. The second kappa shape index (κ2) is 16.1. The van der Waals surface area contributed by atoms with Gasteiger partial charge >= 0.3 is 0 Å². The van der Waals surface area contributed by atoms with Gasteiger partial charge in [0.2, 0.25) is 0 Å². The summed E-state index contributed by atoms with van der Waals surface area (Å²) in [6, 6.07) is 96.6. The van der Waals surface area contributed by atoms with Gasteiger partial charge in [-0.05, 0) is 151 Å².